The lowest BCUT2D eigenvalue weighted by molar-refractivity contribution is 0.0802. The molecule has 10 heteroatoms. The van der Waals surface area contributed by atoms with Crippen LogP contribution in [0.2, 0.25) is 5.02 Å². The molecule has 0 atom stereocenters. The molecule has 1 aromatic carbocycles. The lowest BCUT2D eigenvalue weighted by Gasteiger charge is -2.46. The average molecular weight is 436 g/mol. The van der Waals surface area contributed by atoms with E-state index in [2.05, 4.69) is 15.4 Å². The number of nitrogens with one attached hydrogen (secondary N) is 1. The Hall–Kier alpha value is -2.52. The Morgan fingerprint density at radius 3 is 2.53 bits per heavy atom. The quantitative estimate of drug-likeness (QED) is 0.590. The Balaban J connectivity index is 2.03. The molecule has 1 aliphatic heterocycles. The zero-order chi connectivity index (χ0) is 21.9. The number of hydrogen-bond acceptors (Lipinski definition) is 8. The van der Waals surface area contributed by atoms with Gasteiger partial charge in [-0.15, -0.1) is 0 Å². The van der Waals surface area contributed by atoms with Crippen molar-refractivity contribution in [3.8, 4) is 5.75 Å². The summed E-state index contributed by atoms with van der Waals surface area (Å²) in [6.07, 6.45) is 4.70. The molecular formula is C20H30ClN7O2. The standard InChI is InChI=1S/C20H30ClN7O2/c1-4-27(5-2)26-17(29)13-11-14(21)15(12-16(13)30-3)28-19(23)24-18(22)25-20(28)9-7-6-8-10-20/h11-12H,4-10H2,1-3H3,(H,26,29)(H4,22,23,24,25). The van der Waals surface area contributed by atoms with Crippen LogP contribution in [0.15, 0.2) is 22.1 Å². The summed E-state index contributed by atoms with van der Waals surface area (Å²) in [7, 11) is 1.52. The number of rotatable bonds is 6. The number of anilines is 1. The van der Waals surface area contributed by atoms with Gasteiger partial charge in [-0.3, -0.25) is 15.1 Å². The third kappa shape index (κ3) is 4.17. The number of methoxy groups -OCH3 is 1. The minimum Gasteiger partial charge on any atom is -0.496 e. The van der Waals surface area contributed by atoms with E-state index in [1.165, 1.54) is 7.11 Å². The minimum absolute atomic E-state index is 0.170. The predicted octanol–water partition coefficient (Wildman–Crippen LogP) is 2.45. The first-order valence-corrected chi connectivity index (χ1v) is 10.7. The molecule has 9 nitrogen and oxygen atoms in total. The van der Waals surface area contributed by atoms with Crippen molar-refractivity contribution >= 4 is 35.1 Å². The monoisotopic (exact) mass is 435 g/mol. The van der Waals surface area contributed by atoms with E-state index >= 15 is 0 Å². The highest BCUT2D eigenvalue weighted by atomic mass is 35.5. The van der Waals surface area contributed by atoms with E-state index < -0.39 is 5.66 Å². The molecule has 30 heavy (non-hydrogen) atoms. The number of halogens is 1. The molecule has 0 saturated heterocycles. The zero-order valence-corrected chi connectivity index (χ0v) is 18.5. The van der Waals surface area contributed by atoms with Crippen LogP contribution in [0, 0.1) is 0 Å². The second-order valence-corrected chi connectivity index (χ2v) is 7.84. The average Bonchev–Trinajstić information content (AvgIpc) is 2.72. The van der Waals surface area contributed by atoms with E-state index in [-0.39, 0.29) is 17.8 Å². The molecule has 1 saturated carbocycles. The fraction of sp³-hybridized carbons (Fsp3) is 0.550. The number of guanidine groups is 2. The number of amides is 1. The number of carbonyl (C=O) groups is 1. The van der Waals surface area contributed by atoms with Crippen molar-refractivity contribution in [2.24, 2.45) is 21.5 Å². The Bertz CT molecular complexity index is 861. The van der Waals surface area contributed by atoms with Gasteiger partial charge in [-0.25, -0.2) is 10.0 Å². The highest BCUT2D eigenvalue weighted by Crippen LogP contribution is 2.43. The SMILES string of the molecule is CCN(CC)NC(=O)c1cc(Cl)c(N2C(N)=NC(N)=NC23CCCCC3)cc1OC. The molecule has 3 rings (SSSR count). The Labute approximate surface area is 182 Å². The summed E-state index contributed by atoms with van der Waals surface area (Å²) in [5, 5.41) is 2.16. The Morgan fingerprint density at radius 2 is 1.93 bits per heavy atom. The van der Waals surface area contributed by atoms with Crippen molar-refractivity contribution < 1.29 is 9.53 Å². The molecule has 1 spiro atoms. The summed E-state index contributed by atoms with van der Waals surface area (Å²) >= 11 is 6.66. The highest BCUT2D eigenvalue weighted by molar-refractivity contribution is 6.34. The van der Waals surface area contributed by atoms with Gasteiger partial charge in [0.25, 0.3) is 5.91 Å². The summed E-state index contributed by atoms with van der Waals surface area (Å²) in [4.78, 5) is 23.5. The molecule has 1 heterocycles. The first-order valence-electron chi connectivity index (χ1n) is 10.3. The molecule has 1 aromatic rings. The fourth-order valence-electron chi connectivity index (χ4n) is 4.12. The number of aliphatic imine (C=N–C) groups is 2. The van der Waals surface area contributed by atoms with Gasteiger partial charge in [-0.2, -0.15) is 4.99 Å². The third-order valence-electron chi connectivity index (χ3n) is 5.63. The summed E-state index contributed by atoms with van der Waals surface area (Å²) < 4.78 is 5.53. The van der Waals surface area contributed by atoms with E-state index in [9.17, 15) is 4.79 Å². The highest BCUT2D eigenvalue weighted by Gasteiger charge is 2.43. The molecule has 0 bridgehead atoms. The third-order valence-corrected chi connectivity index (χ3v) is 5.93. The van der Waals surface area contributed by atoms with E-state index in [0.29, 0.717) is 35.1 Å². The van der Waals surface area contributed by atoms with Crippen LogP contribution in [0.1, 0.15) is 56.3 Å². The number of benzene rings is 1. The van der Waals surface area contributed by atoms with Crippen molar-refractivity contribution in [1.82, 2.24) is 10.4 Å². The Morgan fingerprint density at radius 1 is 1.27 bits per heavy atom. The number of carbonyl (C=O) groups excluding carboxylic acids is 1. The van der Waals surface area contributed by atoms with Crippen molar-refractivity contribution in [2.75, 3.05) is 25.1 Å². The topological polar surface area (TPSA) is 122 Å². The number of hydrogen-bond donors (Lipinski definition) is 3. The molecular weight excluding hydrogens is 406 g/mol. The summed E-state index contributed by atoms with van der Waals surface area (Å²) in [6, 6.07) is 3.31. The molecule has 164 valence electrons. The number of nitrogens with zero attached hydrogens (tertiary/aromatic N) is 4. The lowest BCUT2D eigenvalue weighted by Crippen LogP contribution is -2.58. The van der Waals surface area contributed by atoms with Crippen LogP contribution in [0.5, 0.6) is 5.75 Å². The van der Waals surface area contributed by atoms with E-state index in [1.807, 2.05) is 18.7 Å². The van der Waals surface area contributed by atoms with Crippen molar-refractivity contribution in [2.45, 2.75) is 51.6 Å². The van der Waals surface area contributed by atoms with Gasteiger partial charge in [-0.1, -0.05) is 31.9 Å². The van der Waals surface area contributed by atoms with Crippen LogP contribution < -0.4 is 26.5 Å². The van der Waals surface area contributed by atoms with Gasteiger partial charge in [-0.05, 0) is 31.7 Å². The van der Waals surface area contributed by atoms with Crippen molar-refractivity contribution in [3.63, 3.8) is 0 Å². The lowest BCUT2D eigenvalue weighted by atomic mass is 9.87. The van der Waals surface area contributed by atoms with Gasteiger partial charge in [0.1, 0.15) is 11.4 Å². The number of nitrogens with two attached hydrogens (primary N) is 2. The van der Waals surface area contributed by atoms with Gasteiger partial charge in [0.2, 0.25) is 11.9 Å². The van der Waals surface area contributed by atoms with Gasteiger partial charge in [0.15, 0.2) is 0 Å². The largest absolute Gasteiger partial charge is 0.496 e. The van der Waals surface area contributed by atoms with E-state index in [4.69, 9.17) is 27.8 Å². The molecule has 1 amide bonds. The predicted molar refractivity (Wildman–Crippen MR) is 120 cm³/mol. The van der Waals surface area contributed by atoms with Crippen molar-refractivity contribution in [1.29, 1.82) is 0 Å². The van der Waals surface area contributed by atoms with Gasteiger partial charge >= 0.3 is 0 Å². The molecule has 0 radical (unpaired) electrons. The summed E-state index contributed by atoms with van der Waals surface area (Å²) in [6.45, 7) is 5.29. The summed E-state index contributed by atoms with van der Waals surface area (Å²) in [5.74, 6) is 0.497. The minimum atomic E-state index is -0.631. The molecule has 2 aliphatic rings. The first-order chi connectivity index (χ1) is 14.3. The van der Waals surface area contributed by atoms with Gasteiger partial charge < -0.3 is 16.2 Å². The number of hydrazine groups is 1. The first kappa shape index (κ1) is 22.2. The second-order valence-electron chi connectivity index (χ2n) is 7.44. The maximum absolute atomic E-state index is 12.8. The molecule has 1 aliphatic carbocycles. The fourth-order valence-corrected chi connectivity index (χ4v) is 4.36. The van der Waals surface area contributed by atoms with Crippen LogP contribution in [0.25, 0.3) is 0 Å². The second kappa shape index (κ2) is 9.09. The van der Waals surface area contributed by atoms with Gasteiger partial charge in [0, 0.05) is 19.2 Å². The molecule has 0 aromatic heterocycles. The van der Waals surface area contributed by atoms with Gasteiger partial charge in [0.05, 0.1) is 23.4 Å². The zero-order valence-electron chi connectivity index (χ0n) is 17.7. The van der Waals surface area contributed by atoms with Crippen LogP contribution in [-0.2, 0) is 0 Å². The van der Waals surface area contributed by atoms with Crippen LogP contribution in [0.3, 0.4) is 0 Å². The summed E-state index contributed by atoms with van der Waals surface area (Å²) in [5.41, 5.74) is 15.4. The van der Waals surface area contributed by atoms with Crippen LogP contribution in [0.4, 0.5) is 5.69 Å². The normalized spacial score (nSPS) is 18.2. The van der Waals surface area contributed by atoms with Crippen molar-refractivity contribution in [3.05, 3.63) is 22.7 Å². The maximum Gasteiger partial charge on any atom is 0.269 e. The smallest absolute Gasteiger partial charge is 0.269 e. The van der Waals surface area contributed by atoms with E-state index in [0.717, 1.165) is 32.1 Å². The van der Waals surface area contributed by atoms with Crippen LogP contribution >= 0.6 is 11.6 Å². The molecule has 0 unspecified atom stereocenters. The molecule has 1 fully saturated rings. The Kier molecular flexibility index (Phi) is 6.72. The maximum atomic E-state index is 12.8. The van der Waals surface area contributed by atoms with Crippen LogP contribution in [-0.4, -0.2) is 48.7 Å². The number of ether oxygens (including phenoxy) is 1. The van der Waals surface area contributed by atoms with E-state index in [1.54, 1.807) is 17.1 Å². The molecule has 5 N–H and O–H groups in total.